The van der Waals surface area contributed by atoms with Crippen LogP contribution in [-0.4, -0.2) is 19.7 Å². The monoisotopic (exact) mass is 272 g/mol. The minimum atomic E-state index is 0.826. The molecule has 0 amide bonds. The summed E-state index contributed by atoms with van der Waals surface area (Å²) < 4.78 is 1.98. The molecule has 21 heavy (non-hydrogen) atoms. The SMILES string of the molecule is c1ccc(-n2cnnc2-c2ccc3ncccc3c2)cc1. The van der Waals surface area contributed by atoms with E-state index >= 15 is 0 Å². The van der Waals surface area contributed by atoms with Gasteiger partial charge >= 0.3 is 0 Å². The average Bonchev–Trinajstić information content (AvgIpc) is 3.05. The van der Waals surface area contributed by atoms with Gasteiger partial charge in [-0.3, -0.25) is 9.55 Å². The molecule has 0 spiro atoms. The number of fused-ring (bicyclic) bond motifs is 1. The van der Waals surface area contributed by atoms with Crippen molar-refractivity contribution in [2.45, 2.75) is 0 Å². The molecule has 4 nitrogen and oxygen atoms in total. The molecular weight excluding hydrogens is 260 g/mol. The van der Waals surface area contributed by atoms with E-state index in [4.69, 9.17) is 0 Å². The number of benzene rings is 2. The molecule has 0 saturated heterocycles. The summed E-state index contributed by atoms with van der Waals surface area (Å²) in [5.41, 5.74) is 3.05. The fourth-order valence-electron chi connectivity index (χ4n) is 2.42. The van der Waals surface area contributed by atoms with E-state index < -0.39 is 0 Å². The van der Waals surface area contributed by atoms with Crippen molar-refractivity contribution in [1.82, 2.24) is 19.7 Å². The second kappa shape index (κ2) is 4.83. The third-order valence-electron chi connectivity index (χ3n) is 3.44. The maximum absolute atomic E-state index is 4.34. The van der Waals surface area contributed by atoms with Crippen molar-refractivity contribution in [3.63, 3.8) is 0 Å². The van der Waals surface area contributed by atoms with Gasteiger partial charge in [-0.15, -0.1) is 10.2 Å². The van der Waals surface area contributed by atoms with E-state index in [0.29, 0.717) is 0 Å². The van der Waals surface area contributed by atoms with Gasteiger partial charge in [0.1, 0.15) is 6.33 Å². The Kier molecular flexibility index (Phi) is 2.71. The molecular formula is C17H12N4. The van der Waals surface area contributed by atoms with E-state index in [1.807, 2.05) is 53.1 Å². The van der Waals surface area contributed by atoms with Crippen LogP contribution in [-0.2, 0) is 0 Å². The number of aromatic nitrogens is 4. The Morgan fingerprint density at radius 2 is 1.76 bits per heavy atom. The number of pyridine rings is 1. The van der Waals surface area contributed by atoms with Crippen molar-refractivity contribution in [3.8, 4) is 17.1 Å². The smallest absolute Gasteiger partial charge is 0.168 e. The molecule has 0 aliphatic heterocycles. The number of rotatable bonds is 2. The Hall–Kier alpha value is -3.01. The van der Waals surface area contributed by atoms with Gasteiger partial charge in [-0.1, -0.05) is 24.3 Å². The lowest BCUT2D eigenvalue weighted by atomic mass is 10.1. The van der Waals surface area contributed by atoms with Gasteiger partial charge in [0.2, 0.25) is 0 Å². The molecule has 0 aliphatic rings. The predicted molar refractivity (Wildman–Crippen MR) is 82.1 cm³/mol. The number of hydrogen-bond donors (Lipinski definition) is 0. The van der Waals surface area contributed by atoms with Crippen molar-refractivity contribution < 1.29 is 0 Å². The van der Waals surface area contributed by atoms with Crippen LogP contribution < -0.4 is 0 Å². The van der Waals surface area contributed by atoms with Gasteiger partial charge in [-0.2, -0.15) is 0 Å². The molecule has 0 radical (unpaired) electrons. The molecule has 4 heteroatoms. The van der Waals surface area contributed by atoms with Crippen LogP contribution in [0.1, 0.15) is 0 Å². The highest BCUT2D eigenvalue weighted by Gasteiger charge is 2.09. The minimum absolute atomic E-state index is 0.826. The predicted octanol–water partition coefficient (Wildman–Crippen LogP) is 3.48. The molecule has 4 rings (SSSR count). The molecule has 2 heterocycles. The highest BCUT2D eigenvalue weighted by Crippen LogP contribution is 2.23. The van der Waals surface area contributed by atoms with Gasteiger partial charge in [0.15, 0.2) is 5.82 Å². The molecule has 100 valence electrons. The molecule has 0 bridgehead atoms. The van der Waals surface area contributed by atoms with E-state index in [9.17, 15) is 0 Å². The zero-order chi connectivity index (χ0) is 14.1. The van der Waals surface area contributed by atoms with Crippen LogP contribution in [0, 0.1) is 0 Å². The minimum Gasteiger partial charge on any atom is -0.282 e. The van der Waals surface area contributed by atoms with Gasteiger partial charge in [0, 0.05) is 22.8 Å². The summed E-state index contributed by atoms with van der Waals surface area (Å²) in [5, 5.41) is 9.41. The van der Waals surface area contributed by atoms with Crippen molar-refractivity contribution in [2.75, 3.05) is 0 Å². The van der Waals surface area contributed by atoms with Gasteiger partial charge in [-0.25, -0.2) is 0 Å². The molecule has 0 fully saturated rings. The zero-order valence-corrected chi connectivity index (χ0v) is 11.2. The van der Waals surface area contributed by atoms with Crippen molar-refractivity contribution in [3.05, 3.63) is 73.2 Å². The first-order valence-corrected chi connectivity index (χ1v) is 6.72. The first-order chi connectivity index (χ1) is 10.4. The quantitative estimate of drug-likeness (QED) is 0.561. The molecule has 2 aromatic carbocycles. The van der Waals surface area contributed by atoms with Crippen LogP contribution in [0.15, 0.2) is 73.2 Å². The first-order valence-electron chi connectivity index (χ1n) is 6.72. The van der Waals surface area contributed by atoms with Crippen LogP contribution in [0.2, 0.25) is 0 Å². The summed E-state index contributed by atoms with van der Waals surface area (Å²) in [6.07, 6.45) is 3.53. The van der Waals surface area contributed by atoms with Crippen LogP contribution in [0.3, 0.4) is 0 Å². The van der Waals surface area contributed by atoms with Gasteiger partial charge < -0.3 is 0 Å². The number of nitrogens with zero attached hydrogens (tertiary/aromatic N) is 4. The van der Waals surface area contributed by atoms with E-state index in [0.717, 1.165) is 28.0 Å². The second-order valence-electron chi connectivity index (χ2n) is 4.77. The molecule has 4 aromatic rings. The Labute approximate surface area is 121 Å². The van der Waals surface area contributed by atoms with E-state index in [2.05, 4.69) is 27.3 Å². The zero-order valence-electron chi connectivity index (χ0n) is 11.2. The van der Waals surface area contributed by atoms with Crippen LogP contribution in [0.4, 0.5) is 0 Å². The fourth-order valence-corrected chi connectivity index (χ4v) is 2.42. The molecule has 0 saturated carbocycles. The van der Waals surface area contributed by atoms with Gasteiger partial charge in [-0.05, 0) is 36.4 Å². The highest BCUT2D eigenvalue weighted by atomic mass is 15.3. The topological polar surface area (TPSA) is 43.6 Å². The average molecular weight is 272 g/mol. The number of hydrogen-bond acceptors (Lipinski definition) is 3. The summed E-state index contributed by atoms with van der Waals surface area (Å²) in [4.78, 5) is 4.34. The van der Waals surface area contributed by atoms with Crippen molar-refractivity contribution in [1.29, 1.82) is 0 Å². The van der Waals surface area contributed by atoms with E-state index in [-0.39, 0.29) is 0 Å². The number of para-hydroxylation sites is 1. The summed E-state index contributed by atoms with van der Waals surface area (Å²) in [6.45, 7) is 0. The summed E-state index contributed by atoms with van der Waals surface area (Å²) in [7, 11) is 0. The Morgan fingerprint density at radius 1 is 0.857 bits per heavy atom. The van der Waals surface area contributed by atoms with Crippen molar-refractivity contribution >= 4 is 10.9 Å². The molecule has 0 N–H and O–H groups in total. The third-order valence-corrected chi connectivity index (χ3v) is 3.44. The summed E-state index contributed by atoms with van der Waals surface area (Å²) in [5.74, 6) is 0.826. The van der Waals surface area contributed by atoms with Crippen LogP contribution in [0.25, 0.3) is 28.0 Å². The first kappa shape index (κ1) is 11.8. The Balaban J connectivity index is 1.88. The summed E-state index contributed by atoms with van der Waals surface area (Å²) in [6, 6.07) is 20.2. The van der Waals surface area contributed by atoms with E-state index in [1.54, 1.807) is 12.5 Å². The highest BCUT2D eigenvalue weighted by molar-refractivity contribution is 5.83. The maximum Gasteiger partial charge on any atom is 0.168 e. The van der Waals surface area contributed by atoms with Gasteiger partial charge in [0.25, 0.3) is 0 Å². The molecule has 2 aromatic heterocycles. The second-order valence-corrected chi connectivity index (χ2v) is 4.77. The van der Waals surface area contributed by atoms with Crippen molar-refractivity contribution in [2.24, 2.45) is 0 Å². The molecule has 0 aliphatic carbocycles. The molecule has 0 unspecified atom stereocenters. The fraction of sp³-hybridized carbons (Fsp3) is 0. The Bertz CT molecular complexity index is 897. The van der Waals surface area contributed by atoms with Crippen LogP contribution in [0.5, 0.6) is 0 Å². The largest absolute Gasteiger partial charge is 0.282 e. The Morgan fingerprint density at radius 3 is 2.67 bits per heavy atom. The molecule has 0 atom stereocenters. The third kappa shape index (κ3) is 2.07. The normalized spacial score (nSPS) is 10.9. The standard InChI is InChI=1S/C17H12N4/c1-2-6-15(7-3-1)21-12-19-20-17(21)14-8-9-16-13(11-14)5-4-10-18-16/h1-12H. The van der Waals surface area contributed by atoms with E-state index in [1.165, 1.54) is 0 Å². The maximum atomic E-state index is 4.34. The lowest BCUT2D eigenvalue weighted by molar-refractivity contribution is 1.06. The van der Waals surface area contributed by atoms with Crippen LogP contribution >= 0.6 is 0 Å². The summed E-state index contributed by atoms with van der Waals surface area (Å²) >= 11 is 0. The van der Waals surface area contributed by atoms with Gasteiger partial charge in [0.05, 0.1) is 5.52 Å². The lowest BCUT2D eigenvalue weighted by Crippen LogP contribution is -1.95. The lowest BCUT2D eigenvalue weighted by Gasteiger charge is -2.07.